The third-order valence-corrected chi connectivity index (χ3v) is 6.36. The van der Waals surface area contributed by atoms with Gasteiger partial charge < -0.3 is 15.0 Å². The van der Waals surface area contributed by atoms with E-state index in [1.165, 1.54) is 11.2 Å². The van der Waals surface area contributed by atoms with Crippen molar-refractivity contribution >= 4 is 21.6 Å². The van der Waals surface area contributed by atoms with E-state index in [0.717, 1.165) is 13.0 Å². The Morgan fingerprint density at radius 2 is 2.00 bits per heavy atom. The number of carbonyl (C=O) groups is 1. The van der Waals surface area contributed by atoms with Crippen LogP contribution in [0.5, 0.6) is 5.75 Å². The summed E-state index contributed by atoms with van der Waals surface area (Å²) in [4.78, 5) is 13.8. The standard InChI is InChI=1S/C17H25N3O4S/c1-13(21)20-12-17(2,3)24-16-6-5-14(11-15(16)20)25(22,23)19-9-4-7-18-8-10-19/h5-6,11,18H,4,7-10,12H2,1-3H3. The molecule has 1 amide bonds. The molecule has 0 spiro atoms. The van der Waals surface area contributed by atoms with Crippen LogP contribution in [-0.2, 0) is 14.8 Å². The molecule has 0 unspecified atom stereocenters. The molecule has 0 aromatic heterocycles. The molecule has 8 heteroatoms. The minimum absolute atomic E-state index is 0.133. The van der Waals surface area contributed by atoms with E-state index in [0.29, 0.717) is 37.6 Å². The van der Waals surface area contributed by atoms with E-state index in [1.807, 2.05) is 13.8 Å². The first-order chi connectivity index (χ1) is 11.7. The lowest BCUT2D eigenvalue weighted by atomic mass is 10.1. The average molecular weight is 367 g/mol. The molecule has 0 atom stereocenters. The lowest BCUT2D eigenvalue weighted by Gasteiger charge is -2.39. The zero-order valence-corrected chi connectivity index (χ0v) is 15.7. The molecule has 3 rings (SSSR count). The molecular weight excluding hydrogens is 342 g/mol. The Bertz CT molecular complexity index is 768. The van der Waals surface area contributed by atoms with E-state index in [9.17, 15) is 13.2 Å². The lowest BCUT2D eigenvalue weighted by molar-refractivity contribution is -0.117. The third-order valence-electron chi connectivity index (χ3n) is 4.46. The highest BCUT2D eigenvalue weighted by atomic mass is 32.2. The van der Waals surface area contributed by atoms with E-state index in [2.05, 4.69) is 5.32 Å². The fourth-order valence-electron chi connectivity index (χ4n) is 3.24. The summed E-state index contributed by atoms with van der Waals surface area (Å²) < 4.78 is 33.4. The van der Waals surface area contributed by atoms with Crippen LogP contribution in [0.3, 0.4) is 0 Å². The first-order valence-electron chi connectivity index (χ1n) is 8.53. The van der Waals surface area contributed by atoms with E-state index in [4.69, 9.17) is 4.74 Å². The summed E-state index contributed by atoms with van der Waals surface area (Å²) in [5.74, 6) is 0.397. The predicted molar refractivity (Wildman–Crippen MR) is 95.4 cm³/mol. The molecule has 0 bridgehead atoms. The van der Waals surface area contributed by atoms with Crippen LogP contribution < -0.4 is 15.0 Å². The van der Waals surface area contributed by atoms with Gasteiger partial charge in [-0.2, -0.15) is 4.31 Å². The monoisotopic (exact) mass is 367 g/mol. The second-order valence-electron chi connectivity index (χ2n) is 7.10. The Balaban J connectivity index is 2.00. The molecule has 7 nitrogen and oxygen atoms in total. The van der Waals surface area contributed by atoms with Gasteiger partial charge in [0.2, 0.25) is 15.9 Å². The number of rotatable bonds is 2. The highest BCUT2D eigenvalue weighted by Crippen LogP contribution is 2.39. The summed E-state index contributed by atoms with van der Waals surface area (Å²) >= 11 is 0. The van der Waals surface area contributed by atoms with Crippen LogP contribution in [0, 0.1) is 0 Å². The first kappa shape index (κ1) is 18.2. The minimum atomic E-state index is -3.60. The van der Waals surface area contributed by atoms with Crippen LogP contribution in [0.2, 0.25) is 0 Å². The Kier molecular flexibility index (Phi) is 4.78. The van der Waals surface area contributed by atoms with Gasteiger partial charge >= 0.3 is 0 Å². The number of fused-ring (bicyclic) bond motifs is 1. The van der Waals surface area contributed by atoms with Crippen molar-refractivity contribution in [3.63, 3.8) is 0 Å². The van der Waals surface area contributed by atoms with Crippen LogP contribution in [0.25, 0.3) is 0 Å². The molecule has 2 aliphatic rings. The summed E-state index contributed by atoms with van der Waals surface area (Å²) in [6.07, 6.45) is 0.779. The summed E-state index contributed by atoms with van der Waals surface area (Å²) in [5, 5.41) is 3.20. The number of amides is 1. The molecule has 1 aromatic rings. The van der Waals surface area contributed by atoms with Gasteiger partial charge in [-0.05, 0) is 45.0 Å². The summed E-state index contributed by atoms with van der Waals surface area (Å²) in [7, 11) is -3.60. The van der Waals surface area contributed by atoms with Gasteiger partial charge in [0.05, 0.1) is 17.1 Å². The number of ether oxygens (including phenoxy) is 1. The van der Waals surface area contributed by atoms with Crippen molar-refractivity contribution in [2.24, 2.45) is 0 Å². The summed E-state index contributed by atoms with van der Waals surface area (Å²) in [6.45, 7) is 8.06. The number of sulfonamides is 1. The van der Waals surface area contributed by atoms with Crippen LogP contribution in [-0.4, -0.2) is 57.0 Å². The van der Waals surface area contributed by atoms with Crippen LogP contribution >= 0.6 is 0 Å². The van der Waals surface area contributed by atoms with Crippen molar-refractivity contribution in [2.45, 2.75) is 37.7 Å². The number of anilines is 1. The first-order valence-corrected chi connectivity index (χ1v) is 9.97. The highest BCUT2D eigenvalue weighted by Gasteiger charge is 2.35. The van der Waals surface area contributed by atoms with Gasteiger partial charge in [-0.25, -0.2) is 8.42 Å². The average Bonchev–Trinajstić information content (AvgIpc) is 2.82. The summed E-state index contributed by atoms with van der Waals surface area (Å²) in [5.41, 5.74) is -0.00366. The van der Waals surface area contributed by atoms with Gasteiger partial charge in [0.1, 0.15) is 11.4 Å². The maximum atomic E-state index is 13.0. The van der Waals surface area contributed by atoms with Gasteiger partial charge in [0.25, 0.3) is 0 Å². The van der Waals surface area contributed by atoms with Crippen molar-refractivity contribution in [1.82, 2.24) is 9.62 Å². The number of carbonyl (C=O) groups excluding carboxylic acids is 1. The van der Waals surface area contributed by atoms with Crippen molar-refractivity contribution in [2.75, 3.05) is 37.6 Å². The Hall–Kier alpha value is -1.64. The Labute approximate surface area is 149 Å². The Morgan fingerprint density at radius 1 is 1.24 bits per heavy atom. The number of nitrogens with zero attached hydrogens (tertiary/aromatic N) is 2. The maximum absolute atomic E-state index is 13.0. The van der Waals surface area contributed by atoms with E-state index in [-0.39, 0.29) is 10.8 Å². The molecule has 1 N–H and O–H groups in total. The van der Waals surface area contributed by atoms with Crippen LogP contribution in [0.4, 0.5) is 5.69 Å². The van der Waals surface area contributed by atoms with Crippen molar-refractivity contribution in [3.8, 4) is 5.75 Å². The van der Waals surface area contributed by atoms with E-state index < -0.39 is 15.6 Å². The quantitative estimate of drug-likeness (QED) is 0.850. The molecule has 1 aromatic carbocycles. The Morgan fingerprint density at radius 3 is 2.72 bits per heavy atom. The number of hydrogen-bond acceptors (Lipinski definition) is 5. The third kappa shape index (κ3) is 3.65. The number of benzene rings is 1. The van der Waals surface area contributed by atoms with E-state index in [1.54, 1.807) is 23.1 Å². The van der Waals surface area contributed by atoms with Gasteiger partial charge in [0.15, 0.2) is 0 Å². The molecule has 0 saturated carbocycles. The highest BCUT2D eigenvalue weighted by molar-refractivity contribution is 7.89. The van der Waals surface area contributed by atoms with Crippen LogP contribution in [0.1, 0.15) is 27.2 Å². The number of nitrogens with one attached hydrogen (secondary N) is 1. The largest absolute Gasteiger partial charge is 0.484 e. The van der Waals surface area contributed by atoms with Gasteiger partial charge in [0, 0.05) is 26.6 Å². The zero-order valence-electron chi connectivity index (χ0n) is 14.9. The fourth-order valence-corrected chi connectivity index (χ4v) is 4.74. The lowest BCUT2D eigenvalue weighted by Crippen LogP contribution is -2.48. The molecule has 0 radical (unpaired) electrons. The number of hydrogen-bond donors (Lipinski definition) is 1. The summed E-state index contributed by atoms with van der Waals surface area (Å²) in [6, 6.07) is 4.76. The molecular formula is C17H25N3O4S. The SMILES string of the molecule is CC(=O)N1CC(C)(C)Oc2ccc(S(=O)(=O)N3CCCNCC3)cc21. The molecule has 0 aliphatic carbocycles. The topological polar surface area (TPSA) is 79.0 Å². The minimum Gasteiger partial charge on any atom is -0.484 e. The molecule has 25 heavy (non-hydrogen) atoms. The van der Waals surface area contributed by atoms with Crippen molar-refractivity contribution < 1.29 is 17.9 Å². The fraction of sp³-hybridized carbons (Fsp3) is 0.588. The molecule has 2 heterocycles. The van der Waals surface area contributed by atoms with Gasteiger partial charge in [-0.3, -0.25) is 4.79 Å². The molecule has 138 valence electrons. The second kappa shape index (κ2) is 6.59. The molecule has 1 saturated heterocycles. The van der Waals surface area contributed by atoms with Crippen molar-refractivity contribution in [1.29, 1.82) is 0 Å². The van der Waals surface area contributed by atoms with Gasteiger partial charge in [-0.1, -0.05) is 0 Å². The maximum Gasteiger partial charge on any atom is 0.243 e. The normalized spacial score (nSPS) is 21.2. The van der Waals surface area contributed by atoms with Crippen molar-refractivity contribution in [3.05, 3.63) is 18.2 Å². The van der Waals surface area contributed by atoms with Crippen LogP contribution in [0.15, 0.2) is 23.1 Å². The molecule has 2 aliphatic heterocycles. The molecule has 1 fully saturated rings. The second-order valence-corrected chi connectivity index (χ2v) is 9.04. The zero-order chi connectivity index (χ0) is 18.2. The predicted octanol–water partition coefficient (Wildman–Crippen LogP) is 1.19. The smallest absolute Gasteiger partial charge is 0.243 e. The van der Waals surface area contributed by atoms with Gasteiger partial charge in [-0.15, -0.1) is 0 Å². The van der Waals surface area contributed by atoms with E-state index >= 15 is 0 Å².